The van der Waals surface area contributed by atoms with Crippen LogP contribution in [0.15, 0.2) is 41.4 Å². The molecule has 0 atom stereocenters. The van der Waals surface area contributed by atoms with Gasteiger partial charge in [-0.2, -0.15) is 9.40 Å². The molecule has 1 aromatic carbocycles. The fourth-order valence-electron chi connectivity index (χ4n) is 3.52. The third kappa shape index (κ3) is 4.58. The first-order valence-corrected chi connectivity index (χ1v) is 11.9. The molecule has 0 unspecified atom stereocenters. The Labute approximate surface area is 189 Å². The third-order valence-electron chi connectivity index (χ3n) is 5.47. The van der Waals surface area contributed by atoms with Crippen molar-refractivity contribution in [3.63, 3.8) is 0 Å². The van der Waals surface area contributed by atoms with E-state index < -0.39 is 10.0 Å². The number of sulfonamides is 1. The summed E-state index contributed by atoms with van der Waals surface area (Å²) in [5, 5.41) is 7.24. The molecule has 0 spiro atoms. The van der Waals surface area contributed by atoms with E-state index in [0.29, 0.717) is 30.2 Å². The van der Waals surface area contributed by atoms with Crippen molar-refractivity contribution in [3.8, 4) is 5.82 Å². The molecule has 3 rings (SSSR count). The molecule has 1 amide bonds. The van der Waals surface area contributed by atoms with E-state index in [9.17, 15) is 13.2 Å². The van der Waals surface area contributed by atoms with Crippen molar-refractivity contribution in [2.24, 2.45) is 0 Å². The predicted molar refractivity (Wildman–Crippen MR) is 125 cm³/mol. The first kappa shape index (κ1) is 23.6. The molecule has 9 heteroatoms. The highest BCUT2D eigenvalue weighted by Crippen LogP contribution is 2.26. The Hall–Kier alpha value is -3.04. The fourth-order valence-corrected chi connectivity index (χ4v) is 5.09. The van der Waals surface area contributed by atoms with Crippen LogP contribution in [0, 0.1) is 27.7 Å². The molecule has 0 saturated carbocycles. The van der Waals surface area contributed by atoms with E-state index in [1.54, 1.807) is 36.7 Å². The zero-order valence-corrected chi connectivity index (χ0v) is 20.1. The van der Waals surface area contributed by atoms with Gasteiger partial charge in [-0.1, -0.05) is 13.8 Å². The van der Waals surface area contributed by atoms with Crippen LogP contribution in [0.5, 0.6) is 0 Å². The quantitative estimate of drug-likeness (QED) is 0.585. The fraction of sp³-hybridized carbons (Fsp3) is 0.348. The number of hydrogen-bond acceptors (Lipinski definition) is 5. The summed E-state index contributed by atoms with van der Waals surface area (Å²) in [6.07, 6.45) is 1.49. The molecule has 2 heterocycles. The third-order valence-corrected chi connectivity index (χ3v) is 7.50. The number of hydrogen-bond donors (Lipinski definition) is 1. The number of carbonyl (C=O) groups is 1. The van der Waals surface area contributed by atoms with Crippen molar-refractivity contribution in [3.05, 3.63) is 64.6 Å². The van der Waals surface area contributed by atoms with E-state index in [2.05, 4.69) is 15.4 Å². The summed E-state index contributed by atoms with van der Waals surface area (Å²) in [6, 6.07) is 8.52. The highest BCUT2D eigenvalue weighted by Gasteiger charge is 2.23. The Bertz CT molecular complexity index is 1240. The van der Waals surface area contributed by atoms with E-state index in [1.165, 1.54) is 16.6 Å². The van der Waals surface area contributed by atoms with Crippen LogP contribution in [-0.2, 0) is 10.0 Å². The molecule has 3 aromatic rings. The number of aryl methyl sites for hydroxylation is 3. The number of rotatable bonds is 7. The maximum Gasteiger partial charge on any atom is 0.257 e. The number of pyridine rings is 1. The van der Waals surface area contributed by atoms with Crippen LogP contribution >= 0.6 is 0 Å². The summed E-state index contributed by atoms with van der Waals surface area (Å²) in [6.45, 7) is 11.9. The molecule has 0 aliphatic rings. The molecule has 0 saturated heterocycles. The van der Waals surface area contributed by atoms with Gasteiger partial charge in [0.15, 0.2) is 5.82 Å². The Morgan fingerprint density at radius 2 is 1.75 bits per heavy atom. The molecule has 0 bridgehead atoms. The minimum absolute atomic E-state index is 0.164. The van der Waals surface area contributed by atoms with Crippen molar-refractivity contribution >= 4 is 21.6 Å². The van der Waals surface area contributed by atoms with E-state index in [0.717, 1.165) is 22.5 Å². The summed E-state index contributed by atoms with van der Waals surface area (Å²) in [7, 11) is -3.64. The van der Waals surface area contributed by atoms with Crippen molar-refractivity contribution in [2.75, 3.05) is 18.4 Å². The van der Waals surface area contributed by atoms with Gasteiger partial charge in [0.2, 0.25) is 10.0 Å². The summed E-state index contributed by atoms with van der Waals surface area (Å²) in [4.78, 5) is 17.4. The molecule has 1 N–H and O–H groups in total. The maximum atomic E-state index is 13.0. The van der Waals surface area contributed by atoms with Gasteiger partial charge >= 0.3 is 0 Å². The average Bonchev–Trinajstić information content (AvgIpc) is 3.09. The highest BCUT2D eigenvalue weighted by atomic mass is 32.2. The first-order valence-electron chi connectivity index (χ1n) is 10.5. The van der Waals surface area contributed by atoms with Crippen LogP contribution in [-0.4, -0.2) is 46.5 Å². The molecule has 0 aliphatic carbocycles. The highest BCUT2D eigenvalue weighted by molar-refractivity contribution is 7.89. The van der Waals surface area contributed by atoms with Crippen molar-refractivity contribution < 1.29 is 13.2 Å². The number of amides is 1. The Kier molecular flexibility index (Phi) is 6.80. The molecular formula is C23H29N5O3S. The topological polar surface area (TPSA) is 97.2 Å². The lowest BCUT2D eigenvalue weighted by Gasteiger charge is -2.20. The zero-order valence-electron chi connectivity index (χ0n) is 19.3. The van der Waals surface area contributed by atoms with Crippen LogP contribution < -0.4 is 5.32 Å². The van der Waals surface area contributed by atoms with E-state index in [4.69, 9.17) is 0 Å². The van der Waals surface area contributed by atoms with Crippen LogP contribution in [0.25, 0.3) is 5.82 Å². The number of nitrogens with one attached hydrogen (secondary N) is 1. The van der Waals surface area contributed by atoms with Crippen molar-refractivity contribution in [1.82, 2.24) is 19.1 Å². The molecule has 170 valence electrons. The summed E-state index contributed by atoms with van der Waals surface area (Å²) >= 11 is 0. The monoisotopic (exact) mass is 455 g/mol. The van der Waals surface area contributed by atoms with E-state index >= 15 is 0 Å². The van der Waals surface area contributed by atoms with Crippen molar-refractivity contribution in [2.45, 2.75) is 46.4 Å². The van der Waals surface area contributed by atoms with Crippen LogP contribution in [0.3, 0.4) is 0 Å². The lowest BCUT2D eigenvalue weighted by Crippen LogP contribution is -2.30. The second-order valence-electron chi connectivity index (χ2n) is 7.70. The van der Waals surface area contributed by atoms with Gasteiger partial charge in [-0.3, -0.25) is 4.79 Å². The van der Waals surface area contributed by atoms with Gasteiger partial charge in [-0.05, 0) is 69.2 Å². The van der Waals surface area contributed by atoms with Gasteiger partial charge in [0, 0.05) is 30.7 Å². The molecule has 32 heavy (non-hydrogen) atoms. The Morgan fingerprint density at radius 1 is 1.06 bits per heavy atom. The zero-order chi connectivity index (χ0) is 23.6. The molecule has 0 fully saturated rings. The average molecular weight is 456 g/mol. The minimum Gasteiger partial charge on any atom is -0.322 e. The Morgan fingerprint density at radius 3 is 2.28 bits per heavy atom. The Balaban J connectivity index is 1.89. The minimum atomic E-state index is -3.64. The summed E-state index contributed by atoms with van der Waals surface area (Å²) < 4.78 is 29.0. The van der Waals surface area contributed by atoms with Crippen molar-refractivity contribution in [1.29, 1.82) is 0 Å². The number of anilines is 1. The van der Waals surface area contributed by atoms with Gasteiger partial charge in [0.05, 0.1) is 16.2 Å². The van der Waals surface area contributed by atoms with Crippen LogP contribution in [0.2, 0.25) is 0 Å². The smallest absolute Gasteiger partial charge is 0.257 e. The molecule has 0 radical (unpaired) electrons. The lowest BCUT2D eigenvalue weighted by atomic mass is 10.1. The summed E-state index contributed by atoms with van der Waals surface area (Å²) in [5.74, 6) is 0.254. The number of carbonyl (C=O) groups excluding carboxylic acids is 1. The SMILES string of the molecule is CCN(CC)S(=O)(=O)c1cc(C)c(C)c(NC(=O)c2ccc(-n3nc(C)cc3C)nc2)c1. The normalized spacial score (nSPS) is 11.7. The van der Waals surface area contributed by atoms with Gasteiger partial charge < -0.3 is 5.32 Å². The van der Waals surface area contributed by atoms with Gasteiger partial charge in [0.1, 0.15) is 0 Å². The second kappa shape index (κ2) is 9.22. The van der Waals surface area contributed by atoms with Gasteiger partial charge in [-0.15, -0.1) is 0 Å². The number of nitrogens with zero attached hydrogens (tertiary/aromatic N) is 4. The predicted octanol–water partition coefficient (Wildman–Crippen LogP) is 3.78. The molecule has 2 aromatic heterocycles. The van der Waals surface area contributed by atoms with Crippen LogP contribution in [0.4, 0.5) is 5.69 Å². The van der Waals surface area contributed by atoms with E-state index in [1.807, 2.05) is 33.8 Å². The molecule has 8 nitrogen and oxygen atoms in total. The van der Waals surface area contributed by atoms with Crippen LogP contribution in [0.1, 0.15) is 46.7 Å². The maximum absolute atomic E-state index is 13.0. The van der Waals surface area contributed by atoms with Gasteiger partial charge in [0.25, 0.3) is 5.91 Å². The standard InChI is InChI=1S/C23H29N5O3S/c1-7-27(8-2)32(30,31)20-11-15(3)18(6)21(13-20)25-23(29)19-9-10-22(24-14-19)28-17(5)12-16(4)26-28/h9-14H,7-8H2,1-6H3,(H,25,29). The van der Waals surface area contributed by atoms with E-state index in [-0.39, 0.29) is 10.8 Å². The largest absolute Gasteiger partial charge is 0.322 e. The number of aromatic nitrogens is 3. The molecular weight excluding hydrogens is 426 g/mol. The second-order valence-corrected chi connectivity index (χ2v) is 9.64. The lowest BCUT2D eigenvalue weighted by molar-refractivity contribution is 0.102. The first-order chi connectivity index (χ1) is 15.1. The van der Waals surface area contributed by atoms with Gasteiger partial charge in [-0.25, -0.2) is 18.1 Å². The molecule has 0 aliphatic heterocycles. The number of benzene rings is 1. The summed E-state index contributed by atoms with van der Waals surface area (Å²) in [5.41, 5.74) is 4.25.